The molecule has 0 amide bonds. The Kier molecular flexibility index (Phi) is 4.24. The molecule has 0 saturated carbocycles. The average molecular weight is 262 g/mol. The number of benzene rings is 2. The van der Waals surface area contributed by atoms with Crippen LogP contribution in [-0.4, -0.2) is 0 Å². The lowest BCUT2D eigenvalue weighted by Crippen LogP contribution is -2.22. The summed E-state index contributed by atoms with van der Waals surface area (Å²) in [6.07, 6.45) is 4.86. The zero-order valence-electron chi connectivity index (χ0n) is 12.4. The molecule has 0 fully saturated rings. The predicted octanol–water partition coefficient (Wildman–Crippen LogP) is 5.49. The molecule has 2 aromatic rings. The van der Waals surface area contributed by atoms with E-state index in [9.17, 15) is 0 Å². The quantitative estimate of drug-likeness (QED) is 0.668. The van der Waals surface area contributed by atoms with Gasteiger partial charge in [-0.1, -0.05) is 87.7 Å². The van der Waals surface area contributed by atoms with E-state index in [-0.39, 0.29) is 5.41 Å². The van der Waals surface area contributed by atoms with Crippen molar-refractivity contribution >= 4 is 12.2 Å². The van der Waals surface area contributed by atoms with Gasteiger partial charge >= 0.3 is 0 Å². The van der Waals surface area contributed by atoms with Crippen LogP contribution in [0.1, 0.15) is 36.1 Å². The molecule has 0 atom stereocenters. The van der Waals surface area contributed by atoms with Crippen molar-refractivity contribution in [3.63, 3.8) is 0 Å². The fourth-order valence-corrected chi connectivity index (χ4v) is 2.76. The summed E-state index contributed by atoms with van der Waals surface area (Å²) < 4.78 is 0. The van der Waals surface area contributed by atoms with Crippen LogP contribution < -0.4 is 0 Å². The summed E-state index contributed by atoms with van der Waals surface area (Å²) in [7, 11) is 0. The molecule has 2 aromatic carbocycles. The van der Waals surface area contributed by atoms with Gasteiger partial charge in [-0.3, -0.25) is 0 Å². The lowest BCUT2D eigenvalue weighted by Gasteiger charge is -2.28. The topological polar surface area (TPSA) is 0 Å². The summed E-state index contributed by atoms with van der Waals surface area (Å²) in [6.45, 7) is 12.4. The largest absolute Gasteiger partial charge is 0.0985 e. The van der Waals surface area contributed by atoms with Gasteiger partial charge < -0.3 is 0 Å². The standard InChI is InChI=1S/C20H22/c1-5-16-11-7-8-13-18(16)15-20(3,4)19-14-10-9-12-17(19)6-2/h5-14H,1-2,15H2,3-4H3. The smallest absolute Gasteiger partial charge is 0.00571 e. The van der Waals surface area contributed by atoms with E-state index in [4.69, 9.17) is 0 Å². The van der Waals surface area contributed by atoms with Crippen LogP contribution in [0.5, 0.6) is 0 Å². The maximum Gasteiger partial charge on any atom is -0.00571 e. The first-order chi connectivity index (χ1) is 9.58. The highest BCUT2D eigenvalue weighted by Crippen LogP contribution is 2.32. The van der Waals surface area contributed by atoms with Crippen molar-refractivity contribution in [1.82, 2.24) is 0 Å². The molecule has 0 nitrogen and oxygen atoms in total. The molecule has 0 aliphatic carbocycles. The summed E-state index contributed by atoms with van der Waals surface area (Å²) in [4.78, 5) is 0. The number of rotatable bonds is 5. The van der Waals surface area contributed by atoms with Crippen molar-refractivity contribution < 1.29 is 0 Å². The van der Waals surface area contributed by atoms with E-state index in [0.29, 0.717) is 0 Å². The third kappa shape index (κ3) is 2.91. The first-order valence-corrected chi connectivity index (χ1v) is 7.01. The van der Waals surface area contributed by atoms with Gasteiger partial charge in [0.2, 0.25) is 0 Å². The van der Waals surface area contributed by atoms with Crippen LogP contribution in [0.3, 0.4) is 0 Å². The lowest BCUT2D eigenvalue weighted by atomic mass is 9.76. The van der Waals surface area contributed by atoms with Crippen molar-refractivity contribution in [3.05, 3.63) is 83.9 Å². The predicted molar refractivity (Wildman–Crippen MR) is 89.8 cm³/mol. The average Bonchev–Trinajstić information content (AvgIpc) is 2.47. The molecular formula is C20H22. The molecule has 0 N–H and O–H groups in total. The van der Waals surface area contributed by atoms with Crippen LogP contribution in [0.25, 0.3) is 12.2 Å². The molecule has 0 aliphatic heterocycles. The van der Waals surface area contributed by atoms with E-state index in [1.54, 1.807) is 0 Å². The first kappa shape index (κ1) is 14.3. The van der Waals surface area contributed by atoms with Gasteiger partial charge in [-0.05, 0) is 34.1 Å². The van der Waals surface area contributed by atoms with E-state index < -0.39 is 0 Å². The van der Waals surface area contributed by atoms with Crippen molar-refractivity contribution in [1.29, 1.82) is 0 Å². The van der Waals surface area contributed by atoms with Gasteiger partial charge in [-0.2, -0.15) is 0 Å². The second-order valence-electron chi connectivity index (χ2n) is 5.75. The van der Waals surface area contributed by atoms with E-state index in [1.807, 2.05) is 12.2 Å². The highest BCUT2D eigenvalue weighted by Gasteiger charge is 2.23. The van der Waals surface area contributed by atoms with Crippen LogP contribution in [0, 0.1) is 0 Å². The van der Waals surface area contributed by atoms with Gasteiger partial charge in [0, 0.05) is 0 Å². The second kappa shape index (κ2) is 5.92. The molecule has 0 saturated heterocycles. The van der Waals surface area contributed by atoms with Gasteiger partial charge in [0.1, 0.15) is 0 Å². The Labute approximate surface area is 122 Å². The van der Waals surface area contributed by atoms with Gasteiger partial charge in [0.25, 0.3) is 0 Å². The highest BCUT2D eigenvalue weighted by atomic mass is 14.3. The summed E-state index contributed by atoms with van der Waals surface area (Å²) in [5, 5.41) is 0. The molecule has 102 valence electrons. The molecule has 0 heteroatoms. The van der Waals surface area contributed by atoms with Gasteiger partial charge in [0.15, 0.2) is 0 Å². The minimum atomic E-state index is 0.0594. The van der Waals surface area contributed by atoms with Gasteiger partial charge in [0.05, 0.1) is 0 Å². The molecule has 0 aromatic heterocycles. The first-order valence-electron chi connectivity index (χ1n) is 7.01. The molecular weight excluding hydrogens is 240 g/mol. The molecule has 0 unspecified atom stereocenters. The SMILES string of the molecule is C=Cc1ccccc1CC(C)(C)c1ccccc1C=C. The number of hydrogen-bond acceptors (Lipinski definition) is 0. The monoisotopic (exact) mass is 262 g/mol. The zero-order chi connectivity index (χ0) is 14.6. The molecule has 0 heterocycles. The van der Waals surface area contributed by atoms with Crippen LogP contribution >= 0.6 is 0 Å². The number of hydrogen-bond donors (Lipinski definition) is 0. The molecule has 2 rings (SSSR count). The minimum absolute atomic E-state index is 0.0594. The molecule has 20 heavy (non-hydrogen) atoms. The van der Waals surface area contributed by atoms with Crippen LogP contribution in [-0.2, 0) is 11.8 Å². The summed E-state index contributed by atoms with van der Waals surface area (Å²) in [5.41, 5.74) is 5.18. The molecule has 0 aliphatic rings. The maximum atomic E-state index is 3.93. The Morgan fingerprint density at radius 1 is 0.850 bits per heavy atom. The Balaban J connectivity index is 2.40. The third-order valence-corrected chi connectivity index (χ3v) is 3.82. The van der Waals surface area contributed by atoms with E-state index in [1.165, 1.54) is 22.3 Å². The Morgan fingerprint density at radius 3 is 2.05 bits per heavy atom. The van der Waals surface area contributed by atoms with E-state index in [0.717, 1.165) is 6.42 Å². The van der Waals surface area contributed by atoms with Crippen molar-refractivity contribution in [2.24, 2.45) is 0 Å². The fraction of sp³-hybridized carbons (Fsp3) is 0.200. The van der Waals surface area contributed by atoms with E-state index >= 15 is 0 Å². The van der Waals surface area contributed by atoms with Crippen molar-refractivity contribution in [3.8, 4) is 0 Å². The Morgan fingerprint density at radius 2 is 1.40 bits per heavy atom. The van der Waals surface area contributed by atoms with Crippen molar-refractivity contribution in [2.75, 3.05) is 0 Å². The summed E-state index contributed by atoms with van der Waals surface area (Å²) in [5.74, 6) is 0. The van der Waals surface area contributed by atoms with Crippen molar-refractivity contribution in [2.45, 2.75) is 25.7 Å². The van der Waals surface area contributed by atoms with Gasteiger partial charge in [-0.15, -0.1) is 0 Å². The summed E-state index contributed by atoms with van der Waals surface area (Å²) >= 11 is 0. The maximum absolute atomic E-state index is 3.93. The minimum Gasteiger partial charge on any atom is -0.0985 e. The Bertz CT molecular complexity index is 617. The molecule has 0 spiro atoms. The molecule has 0 bridgehead atoms. The Hall–Kier alpha value is -2.08. The van der Waals surface area contributed by atoms with E-state index in [2.05, 4.69) is 75.5 Å². The lowest BCUT2D eigenvalue weighted by molar-refractivity contribution is 0.521. The fourth-order valence-electron chi connectivity index (χ4n) is 2.76. The van der Waals surface area contributed by atoms with Crippen LogP contribution in [0.4, 0.5) is 0 Å². The molecule has 0 radical (unpaired) electrons. The van der Waals surface area contributed by atoms with Crippen LogP contribution in [0.15, 0.2) is 61.7 Å². The normalized spacial score (nSPS) is 11.1. The third-order valence-electron chi connectivity index (χ3n) is 3.82. The van der Waals surface area contributed by atoms with Crippen LogP contribution in [0.2, 0.25) is 0 Å². The zero-order valence-corrected chi connectivity index (χ0v) is 12.4. The summed E-state index contributed by atoms with van der Waals surface area (Å²) in [6, 6.07) is 17.0. The second-order valence-corrected chi connectivity index (χ2v) is 5.75. The highest BCUT2D eigenvalue weighted by molar-refractivity contribution is 5.56. The van der Waals surface area contributed by atoms with Gasteiger partial charge in [-0.25, -0.2) is 0 Å².